The smallest absolute Gasteiger partial charge is 0.289 e. The maximum Gasteiger partial charge on any atom is 0.289 e. The van der Waals surface area contributed by atoms with Gasteiger partial charge in [-0.15, -0.1) is 0 Å². The fourth-order valence-electron chi connectivity index (χ4n) is 3.51. The Morgan fingerprint density at radius 3 is 2.52 bits per heavy atom. The van der Waals surface area contributed by atoms with Gasteiger partial charge in [0.15, 0.2) is 11.7 Å². The Hall–Kier alpha value is -3.75. The molecule has 1 saturated heterocycles. The van der Waals surface area contributed by atoms with Crippen LogP contribution in [0, 0.1) is 0 Å². The van der Waals surface area contributed by atoms with Crippen molar-refractivity contribution in [3.8, 4) is 11.4 Å². The number of aromatic nitrogens is 2. The van der Waals surface area contributed by atoms with Crippen LogP contribution in [0.15, 0.2) is 64.3 Å². The third kappa shape index (κ3) is 4.71. The number of hydrogen-bond donors (Lipinski definition) is 1. The molecule has 3 heterocycles. The molecule has 0 aliphatic carbocycles. The molecule has 1 aromatic carbocycles. The SMILES string of the molecule is CN=C(NCc1ccn(-c2ccc(OC)cc2)n1)N1CCN(C(=O)c2ccco2)CC1. The van der Waals surface area contributed by atoms with Gasteiger partial charge in [0.1, 0.15) is 5.75 Å². The van der Waals surface area contributed by atoms with Crippen LogP contribution < -0.4 is 10.1 Å². The van der Waals surface area contributed by atoms with E-state index in [0.29, 0.717) is 38.5 Å². The number of benzene rings is 1. The van der Waals surface area contributed by atoms with Crippen LogP contribution in [0.4, 0.5) is 0 Å². The lowest BCUT2D eigenvalue weighted by Gasteiger charge is -2.36. The first kappa shape index (κ1) is 20.5. The lowest BCUT2D eigenvalue weighted by Crippen LogP contribution is -2.53. The highest BCUT2D eigenvalue weighted by atomic mass is 16.5. The number of piperazine rings is 1. The number of methoxy groups -OCH3 is 1. The Kier molecular flexibility index (Phi) is 6.21. The Morgan fingerprint density at radius 2 is 1.87 bits per heavy atom. The topological polar surface area (TPSA) is 88.1 Å². The van der Waals surface area contributed by atoms with E-state index in [2.05, 4.69) is 20.3 Å². The third-order valence-corrected chi connectivity index (χ3v) is 5.22. The van der Waals surface area contributed by atoms with Crippen molar-refractivity contribution >= 4 is 11.9 Å². The van der Waals surface area contributed by atoms with E-state index >= 15 is 0 Å². The van der Waals surface area contributed by atoms with E-state index < -0.39 is 0 Å². The fourth-order valence-corrected chi connectivity index (χ4v) is 3.51. The number of carbonyl (C=O) groups excluding carboxylic acids is 1. The lowest BCUT2D eigenvalue weighted by molar-refractivity contribution is 0.0657. The molecule has 0 saturated carbocycles. The zero-order valence-corrected chi connectivity index (χ0v) is 17.7. The second kappa shape index (κ2) is 9.38. The minimum Gasteiger partial charge on any atom is -0.497 e. The average Bonchev–Trinajstić information content (AvgIpc) is 3.52. The highest BCUT2D eigenvalue weighted by molar-refractivity contribution is 5.91. The highest BCUT2D eigenvalue weighted by Crippen LogP contribution is 2.15. The van der Waals surface area contributed by atoms with Crippen LogP contribution >= 0.6 is 0 Å². The lowest BCUT2D eigenvalue weighted by atomic mass is 10.3. The number of rotatable bonds is 5. The number of carbonyl (C=O) groups is 1. The molecule has 1 N–H and O–H groups in total. The van der Waals surface area contributed by atoms with Crippen molar-refractivity contribution < 1.29 is 13.9 Å². The first-order chi connectivity index (χ1) is 15.2. The molecule has 0 unspecified atom stereocenters. The molecule has 4 rings (SSSR count). The van der Waals surface area contributed by atoms with Gasteiger partial charge in [-0.25, -0.2) is 4.68 Å². The summed E-state index contributed by atoms with van der Waals surface area (Å²) in [6.07, 6.45) is 3.45. The molecule has 1 fully saturated rings. The monoisotopic (exact) mass is 422 g/mol. The van der Waals surface area contributed by atoms with Crippen LogP contribution in [0.2, 0.25) is 0 Å². The van der Waals surface area contributed by atoms with Gasteiger partial charge in [-0.1, -0.05) is 0 Å². The van der Waals surface area contributed by atoms with Crippen molar-refractivity contribution in [2.24, 2.45) is 4.99 Å². The predicted molar refractivity (Wildman–Crippen MR) is 116 cm³/mol. The number of guanidine groups is 1. The van der Waals surface area contributed by atoms with Crippen molar-refractivity contribution in [2.45, 2.75) is 6.54 Å². The van der Waals surface area contributed by atoms with Gasteiger partial charge in [0.05, 0.1) is 31.3 Å². The minimum atomic E-state index is -0.0725. The van der Waals surface area contributed by atoms with Crippen molar-refractivity contribution in [1.82, 2.24) is 24.9 Å². The molecule has 2 aromatic heterocycles. The van der Waals surface area contributed by atoms with Crippen LogP contribution in [0.3, 0.4) is 0 Å². The van der Waals surface area contributed by atoms with Gasteiger partial charge in [0.25, 0.3) is 5.91 Å². The van der Waals surface area contributed by atoms with E-state index in [4.69, 9.17) is 9.15 Å². The molecule has 9 heteroatoms. The normalized spacial score (nSPS) is 14.6. The van der Waals surface area contributed by atoms with Crippen LogP contribution in [0.25, 0.3) is 5.69 Å². The van der Waals surface area contributed by atoms with Crippen LogP contribution in [-0.2, 0) is 6.54 Å². The summed E-state index contributed by atoms with van der Waals surface area (Å²) in [6, 6.07) is 13.1. The number of nitrogens with zero attached hydrogens (tertiary/aromatic N) is 5. The Labute approximate surface area is 180 Å². The summed E-state index contributed by atoms with van der Waals surface area (Å²) in [7, 11) is 3.41. The van der Waals surface area contributed by atoms with Crippen molar-refractivity contribution in [3.63, 3.8) is 0 Å². The maximum absolute atomic E-state index is 12.4. The van der Waals surface area contributed by atoms with Gasteiger partial charge in [-0.2, -0.15) is 5.10 Å². The minimum absolute atomic E-state index is 0.0725. The van der Waals surface area contributed by atoms with Gasteiger partial charge in [-0.05, 0) is 42.5 Å². The number of nitrogens with one attached hydrogen (secondary N) is 1. The van der Waals surface area contributed by atoms with E-state index in [1.165, 1.54) is 6.26 Å². The molecule has 1 amide bonds. The summed E-state index contributed by atoms with van der Waals surface area (Å²) in [4.78, 5) is 20.8. The molecule has 31 heavy (non-hydrogen) atoms. The molecular weight excluding hydrogens is 396 g/mol. The average molecular weight is 422 g/mol. The fraction of sp³-hybridized carbons (Fsp3) is 0.318. The third-order valence-electron chi connectivity index (χ3n) is 5.22. The van der Waals surface area contributed by atoms with Crippen molar-refractivity contribution in [2.75, 3.05) is 40.3 Å². The van der Waals surface area contributed by atoms with E-state index in [9.17, 15) is 4.79 Å². The molecule has 3 aromatic rings. The van der Waals surface area contributed by atoms with E-state index in [0.717, 1.165) is 23.1 Å². The highest BCUT2D eigenvalue weighted by Gasteiger charge is 2.25. The Balaban J connectivity index is 1.30. The van der Waals surface area contributed by atoms with E-state index in [1.807, 2.05) is 41.2 Å². The summed E-state index contributed by atoms with van der Waals surface area (Å²) in [5, 5.41) is 8.00. The summed E-state index contributed by atoms with van der Waals surface area (Å²) in [5.74, 6) is 1.91. The molecule has 0 bridgehead atoms. The summed E-state index contributed by atoms with van der Waals surface area (Å²) in [5.41, 5.74) is 1.87. The second-order valence-electron chi connectivity index (χ2n) is 7.11. The number of hydrogen-bond acceptors (Lipinski definition) is 5. The molecule has 0 spiro atoms. The number of furan rings is 1. The van der Waals surface area contributed by atoms with Crippen molar-refractivity contribution in [3.05, 3.63) is 66.4 Å². The first-order valence-corrected chi connectivity index (χ1v) is 10.2. The van der Waals surface area contributed by atoms with Crippen LogP contribution in [0.5, 0.6) is 5.75 Å². The molecule has 162 valence electrons. The number of ether oxygens (including phenoxy) is 1. The van der Waals surface area contributed by atoms with Crippen molar-refractivity contribution in [1.29, 1.82) is 0 Å². The zero-order chi connectivity index (χ0) is 21.6. The predicted octanol–water partition coefficient (Wildman–Crippen LogP) is 2.01. The Morgan fingerprint density at radius 1 is 1.13 bits per heavy atom. The molecule has 9 nitrogen and oxygen atoms in total. The quantitative estimate of drug-likeness (QED) is 0.500. The van der Waals surface area contributed by atoms with Crippen LogP contribution in [-0.4, -0.2) is 71.8 Å². The summed E-state index contributed by atoms with van der Waals surface area (Å²) < 4.78 is 12.3. The summed E-state index contributed by atoms with van der Waals surface area (Å²) in [6.45, 7) is 3.19. The van der Waals surface area contributed by atoms with Crippen LogP contribution in [0.1, 0.15) is 16.2 Å². The van der Waals surface area contributed by atoms with Gasteiger partial charge in [0, 0.05) is 39.4 Å². The largest absolute Gasteiger partial charge is 0.497 e. The van der Waals surface area contributed by atoms with Gasteiger partial charge in [0.2, 0.25) is 0 Å². The zero-order valence-electron chi connectivity index (χ0n) is 17.7. The van der Waals surface area contributed by atoms with E-state index in [-0.39, 0.29) is 5.91 Å². The standard InChI is InChI=1S/C22H26N6O3/c1-23-22(27-13-11-26(12-14-27)21(29)20-4-3-15-31-20)24-16-17-9-10-28(25-17)18-5-7-19(30-2)8-6-18/h3-10,15H,11-14,16H2,1-2H3,(H,23,24). The maximum atomic E-state index is 12.4. The van der Waals surface area contributed by atoms with Gasteiger partial charge < -0.3 is 24.3 Å². The summed E-state index contributed by atoms with van der Waals surface area (Å²) >= 11 is 0. The molecule has 1 aliphatic rings. The molecule has 0 atom stereocenters. The molecule has 0 radical (unpaired) electrons. The van der Waals surface area contributed by atoms with Gasteiger partial charge >= 0.3 is 0 Å². The number of amides is 1. The number of aliphatic imine (C=N–C) groups is 1. The second-order valence-corrected chi connectivity index (χ2v) is 7.11. The first-order valence-electron chi connectivity index (χ1n) is 10.2. The van der Waals surface area contributed by atoms with E-state index in [1.54, 1.807) is 31.2 Å². The molecule has 1 aliphatic heterocycles. The molecular formula is C22H26N6O3. The Bertz CT molecular complexity index is 1020. The van der Waals surface area contributed by atoms with Gasteiger partial charge in [-0.3, -0.25) is 9.79 Å².